The Morgan fingerprint density at radius 2 is 2.12 bits per heavy atom. The Bertz CT molecular complexity index is 309. The highest BCUT2D eigenvalue weighted by Crippen LogP contribution is 2.11. The number of likely N-dealkylation sites (N-methyl/N-ethyl adjacent to an activating group) is 1. The van der Waals surface area contributed by atoms with E-state index < -0.39 is 0 Å². The molecule has 0 saturated heterocycles. The maximum atomic E-state index is 5.42. The lowest BCUT2D eigenvalue weighted by atomic mass is 10.1. The summed E-state index contributed by atoms with van der Waals surface area (Å²) in [6, 6.07) is 6.52. The van der Waals surface area contributed by atoms with Gasteiger partial charge < -0.3 is 10.1 Å². The van der Waals surface area contributed by atoms with Gasteiger partial charge in [0.1, 0.15) is 0 Å². The van der Waals surface area contributed by atoms with Crippen LogP contribution >= 0.6 is 0 Å². The van der Waals surface area contributed by atoms with Gasteiger partial charge in [-0.1, -0.05) is 26.3 Å². The molecule has 96 valence electrons. The third-order valence-corrected chi connectivity index (χ3v) is 2.66. The van der Waals surface area contributed by atoms with Gasteiger partial charge in [0, 0.05) is 24.2 Å². The monoisotopic (exact) mass is 236 g/mol. The van der Waals surface area contributed by atoms with Gasteiger partial charge >= 0.3 is 0 Å². The van der Waals surface area contributed by atoms with Crippen LogP contribution in [-0.2, 0) is 6.42 Å². The van der Waals surface area contributed by atoms with Crippen molar-refractivity contribution >= 4 is 0 Å². The van der Waals surface area contributed by atoms with E-state index in [1.807, 2.05) is 19.1 Å². The zero-order valence-electron chi connectivity index (χ0n) is 11.2. The van der Waals surface area contributed by atoms with Crippen molar-refractivity contribution in [2.45, 2.75) is 46.1 Å². The zero-order chi connectivity index (χ0) is 12.5. The lowest BCUT2D eigenvalue weighted by Gasteiger charge is -2.16. The number of ether oxygens (including phenoxy) is 1. The highest BCUT2D eigenvalue weighted by molar-refractivity contribution is 5.16. The zero-order valence-corrected chi connectivity index (χ0v) is 11.2. The summed E-state index contributed by atoms with van der Waals surface area (Å²) in [5, 5.41) is 3.50. The molecule has 1 aromatic rings. The maximum Gasteiger partial charge on any atom is 0.213 e. The highest BCUT2D eigenvalue weighted by Gasteiger charge is 2.08. The Morgan fingerprint density at radius 1 is 1.29 bits per heavy atom. The van der Waals surface area contributed by atoms with Crippen molar-refractivity contribution in [3.05, 3.63) is 23.9 Å². The largest absolute Gasteiger partial charge is 0.478 e. The van der Waals surface area contributed by atoms with Gasteiger partial charge in [0.2, 0.25) is 5.88 Å². The lowest BCUT2D eigenvalue weighted by Crippen LogP contribution is -2.31. The molecule has 1 heterocycles. The van der Waals surface area contributed by atoms with E-state index in [9.17, 15) is 0 Å². The van der Waals surface area contributed by atoms with Gasteiger partial charge in [0.25, 0.3) is 0 Å². The molecule has 0 aliphatic carbocycles. The second-order valence-electron chi connectivity index (χ2n) is 4.15. The molecule has 0 spiro atoms. The number of hydrogen-bond acceptors (Lipinski definition) is 3. The van der Waals surface area contributed by atoms with E-state index in [1.165, 1.54) is 12.8 Å². The highest BCUT2D eigenvalue weighted by atomic mass is 16.5. The summed E-state index contributed by atoms with van der Waals surface area (Å²) in [5.74, 6) is 0.733. The van der Waals surface area contributed by atoms with Gasteiger partial charge in [-0.15, -0.1) is 0 Å². The van der Waals surface area contributed by atoms with Gasteiger partial charge in [0.05, 0.1) is 6.61 Å². The fraction of sp³-hybridized carbons (Fsp3) is 0.643. The summed E-state index contributed by atoms with van der Waals surface area (Å²) >= 11 is 0. The summed E-state index contributed by atoms with van der Waals surface area (Å²) < 4.78 is 5.42. The van der Waals surface area contributed by atoms with Gasteiger partial charge in [-0.05, 0) is 26.0 Å². The van der Waals surface area contributed by atoms with E-state index in [0.29, 0.717) is 12.6 Å². The fourth-order valence-corrected chi connectivity index (χ4v) is 1.97. The van der Waals surface area contributed by atoms with E-state index in [4.69, 9.17) is 4.74 Å². The van der Waals surface area contributed by atoms with Crippen LogP contribution in [0.1, 0.15) is 39.3 Å². The molecular formula is C14H24N2O. The van der Waals surface area contributed by atoms with Crippen molar-refractivity contribution < 1.29 is 4.74 Å². The topological polar surface area (TPSA) is 34.1 Å². The van der Waals surface area contributed by atoms with Crippen molar-refractivity contribution in [2.75, 3.05) is 13.2 Å². The lowest BCUT2D eigenvalue weighted by molar-refractivity contribution is 0.325. The summed E-state index contributed by atoms with van der Waals surface area (Å²) in [7, 11) is 0. The number of rotatable bonds is 8. The van der Waals surface area contributed by atoms with Crippen LogP contribution in [0.4, 0.5) is 0 Å². The molecule has 1 N–H and O–H groups in total. The molecule has 0 aliphatic rings. The van der Waals surface area contributed by atoms with Crippen LogP contribution in [0, 0.1) is 0 Å². The number of nitrogens with zero attached hydrogens (tertiary/aromatic N) is 1. The summed E-state index contributed by atoms with van der Waals surface area (Å²) in [4.78, 5) is 4.50. The SMILES string of the molecule is CCCC(Cc1cccc(OCC)n1)NCC. The van der Waals surface area contributed by atoms with Crippen LogP contribution in [-0.4, -0.2) is 24.2 Å². The number of aromatic nitrogens is 1. The molecular weight excluding hydrogens is 212 g/mol. The fourth-order valence-electron chi connectivity index (χ4n) is 1.97. The van der Waals surface area contributed by atoms with Gasteiger partial charge in [-0.25, -0.2) is 4.98 Å². The maximum absolute atomic E-state index is 5.42. The molecule has 0 aliphatic heterocycles. The third kappa shape index (κ3) is 5.18. The quantitative estimate of drug-likeness (QED) is 0.753. The first-order valence-corrected chi connectivity index (χ1v) is 6.62. The first-order valence-electron chi connectivity index (χ1n) is 6.62. The number of nitrogens with one attached hydrogen (secondary N) is 1. The molecule has 0 bridgehead atoms. The van der Waals surface area contributed by atoms with Crippen LogP contribution in [0.15, 0.2) is 18.2 Å². The molecule has 0 saturated carbocycles. The first-order chi connectivity index (χ1) is 8.30. The molecule has 3 heteroatoms. The average molecular weight is 236 g/mol. The van der Waals surface area contributed by atoms with Gasteiger partial charge in [-0.3, -0.25) is 0 Å². The van der Waals surface area contributed by atoms with Gasteiger partial charge in [0.15, 0.2) is 0 Å². The Kier molecular flexibility index (Phi) is 6.63. The van der Waals surface area contributed by atoms with E-state index in [1.54, 1.807) is 0 Å². The van der Waals surface area contributed by atoms with E-state index in [2.05, 4.69) is 30.2 Å². The minimum absolute atomic E-state index is 0.523. The third-order valence-electron chi connectivity index (χ3n) is 2.66. The standard InChI is InChI=1S/C14H24N2O/c1-4-8-12(15-5-2)11-13-9-7-10-14(16-13)17-6-3/h7,9-10,12,15H,4-6,8,11H2,1-3H3. The molecule has 0 radical (unpaired) electrons. The number of pyridine rings is 1. The van der Waals surface area contributed by atoms with Crippen LogP contribution in [0.2, 0.25) is 0 Å². The summed E-state index contributed by atoms with van der Waals surface area (Å²) in [6.45, 7) is 8.02. The second-order valence-corrected chi connectivity index (χ2v) is 4.15. The van der Waals surface area contributed by atoms with Crippen LogP contribution in [0.25, 0.3) is 0 Å². The molecule has 0 amide bonds. The smallest absolute Gasteiger partial charge is 0.213 e. The molecule has 1 unspecified atom stereocenters. The van der Waals surface area contributed by atoms with Crippen molar-refractivity contribution in [3.8, 4) is 5.88 Å². The molecule has 17 heavy (non-hydrogen) atoms. The number of hydrogen-bond donors (Lipinski definition) is 1. The molecule has 3 nitrogen and oxygen atoms in total. The van der Waals surface area contributed by atoms with Crippen molar-refractivity contribution in [2.24, 2.45) is 0 Å². The van der Waals surface area contributed by atoms with Crippen LogP contribution in [0.5, 0.6) is 5.88 Å². The average Bonchev–Trinajstić information content (AvgIpc) is 2.30. The van der Waals surface area contributed by atoms with Crippen LogP contribution in [0.3, 0.4) is 0 Å². The van der Waals surface area contributed by atoms with E-state index in [0.717, 1.165) is 24.5 Å². The van der Waals surface area contributed by atoms with Crippen molar-refractivity contribution in [1.29, 1.82) is 0 Å². The molecule has 1 rings (SSSR count). The predicted octanol–water partition coefficient (Wildman–Crippen LogP) is 2.80. The molecule has 0 aromatic carbocycles. The Morgan fingerprint density at radius 3 is 2.76 bits per heavy atom. The summed E-state index contributed by atoms with van der Waals surface area (Å²) in [6.07, 6.45) is 3.36. The van der Waals surface area contributed by atoms with Crippen molar-refractivity contribution in [3.63, 3.8) is 0 Å². The first kappa shape index (κ1) is 14.0. The van der Waals surface area contributed by atoms with E-state index in [-0.39, 0.29) is 0 Å². The Hall–Kier alpha value is -1.09. The molecule has 1 atom stereocenters. The Labute approximate surface area is 105 Å². The predicted molar refractivity (Wildman–Crippen MR) is 71.5 cm³/mol. The van der Waals surface area contributed by atoms with E-state index >= 15 is 0 Å². The minimum atomic E-state index is 0.523. The Balaban J connectivity index is 2.60. The van der Waals surface area contributed by atoms with Crippen molar-refractivity contribution in [1.82, 2.24) is 10.3 Å². The van der Waals surface area contributed by atoms with Gasteiger partial charge in [-0.2, -0.15) is 0 Å². The minimum Gasteiger partial charge on any atom is -0.478 e. The second kappa shape index (κ2) is 8.07. The molecule has 0 fully saturated rings. The normalized spacial score (nSPS) is 12.4. The summed E-state index contributed by atoms with van der Waals surface area (Å²) in [5.41, 5.74) is 1.11. The van der Waals surface area contributed by atoms with Crippen LogP contribution < -0.4 is 10.1 Å². The molecule has 1 aromatic heterocycles.